The van der Waals surface area contributed by atoms with Gasteiger partial charge in [0.25, 0.3) is 5.91 Å². The molecule has 178 valence electrons. The summed E-state index contributed by atoms with van der Waals surface area (Å²) in [7, 11) is 3.67. The first-order valence-corrected chi connectivity index (χ1v) is 12.2. The minimum Gasteiger partial charge on any atom is -0.383 e. The van der Waals surface area contributed by atoms with Gasteiger partial charge >= 0.3 is 0 Å². The van der Waals surface area contributed by atoms with Gasteiger partial charge in [-0.1, -0.05) is 43.3 Å². The van der Waals surface area contributed by atoms with Gasteiger partial charge in [0.2, 0.25) is 5.91 Å². The van der Waals surface area contributed by atoms with Gasteiger partial charge in [-0.05, 0) is 36.5 Å². The highest BCUT2D eigenvalue weighted by Gasteiger charge is 2.46. The SMILES string of the molecule is COCCN1C(=O)c2ccccc2[C@@H](C(=O)N2CCC(C)CC2)[C@H]1c1cn(C)c2ccccc12. The number of para-hydroxylation sites is 1. The standard InChI is InChI=1S/C28H33N3O3/c1-19-12-14-30(15-13-19)28(33)25-21-9-4-5-10-22(21)27(32)31(16-17-34-3)26(25)23-18-29(2)24-11-7-6-8-20(23)24/h4-11,18-19,25-26H,12-17H2,1-3H3/t25-,26-/m1/s1. The van der Waals surface area contributed by atoms with Gasteiger partial charge in [-0.3, -0.25) is 9.59 Å². The van der Waals surface area contributed by atoms with E-state index < -0.39 is 12.0 Å². The second-order valence-corrected chi connectivity index (χ2v) is 9.72. The summed E-state index contributed by atoms with van der Waals surface area (Å²) in [4.78, 5) is 31.9. The predicted molar refractivity (Wildman–Crippen MR) is 133 cm³/mol. The van der Waals surface area contributed by atoms with Crippen molar-refractivity contribution < 1.29 is 14.3 Å². The fourth-order valence-electron chi connectivity index (χ4n) is 5.67. The Bertz CT molecular complexity index is 1210. The van der Waals surface area contributed by atoms with Gasteiger partial charge < -0.3 is 19.1 Å². The second-order valence-electron chi connectivity index (χ2n) is 9.72. The summed E-state index contributed by atoms with van der Waals surface area (Å²) < 4.78 is 7.48. The number of carbonyl (C=O) groups excluding carboxylic acids is 2. The number of rotatable bonds is 5. The highest BCUT2D eigenvalue weighted by molar-refractivity contribution is 6.02. The summed E-state index contributed by atoms with van der Waals surface area (Å²) in [6.07, 6.45) is 4.13. The summed E-state index contributed by atoms with van der Waals surface area (Å²) in [6, 6.07) is 15.5. The number of fused-ring (bicyclic) bond motifs is 2. The molecular weight excluding hydrogens is 426 g/mol. The van der Waals surface area contributed by atoms with Crippen LogP contribution in [0.25, 0.3) is 10.9 Å². The van der Waals surface area contributed by atoms with E-state index in [0.717, 1.165) is 48.0 Å². The fraction of sp³-hybridized carbons (Fsp3) is 0.429. The van der Waals surface area contributed by atoms with Crippen LogP contribution in [0.2, 0.25) is 0 Å². The molecule has 5 rings (SSSR count). The summed E-state index contributed by atoms with van der Waals surface area (Å²) >= 11 is 0. The number of likely N-dealkylation sites (tertiary alicyclic amines) is 1. The van der Waals surface area contributed by atoms with E-state index in [9.17, 15) is 9.59 Å². The van der Waals surface area contributed by atoms with E-state index in [2.05, 4.69) is 29.8 Å². The molecule has 0 spiro atoms. The van der Waals surface area contributed by atoms with Crippen LogP contribution in [0, 0.1) is 5.92 Å². The normalized spacial score (nSPS) is 21.2. The molecule has 0 radical (unpaired) electrons. The Morgan fingerprint density at radius 2 is 1.74 bits per heavy atom. The van der Waals surface area contributed by atoms with Gasteiger partial charge in [-0.15, -0.1) is 0 Å². The zero-order chi connectivity index (χ0) is 23.8. The van der Waals surface area contributed by atoms with E-state index in [0.29, 0.717) is 24.6 Å². The highest BCUT2D eigenvalue weighted by atomic mass is 16.5. The van der Waals surface area contributed by atoms with E-state index >= 15 is 0 Å². The summed E-state index contributed by atoms with van der Waals surface area (Å²) in [5, 5.41) is 1.08. The Hall–Kier alpha value is -3.12. The lowest BCUT2D eigenvalue weighted by molar-refractivity contribution is -0.136. The molecule has 2 atom stereocenters. The number of methoxy groups -OCH3 is 1. The first kappa shape index (κ1) is 22.7. The molecular formula is C28H33N3O3. The van der Waals surface area contributed by atoms with Gasteiger partial charge in [0.1, 0.15) is 0 Å². The molecule has 3 heterocycles. The molecule has 0 bridgehead atoms. The van der Waals surface area contributed by atoms with Crippen molar-refractivity contribution in [2.45, 2.75) is 31.7 Å². The van der Waals surface area contributed by atoms with Crippen LogP contribution >= 0.6 is 0 Å². The molecule has 6 nitrogen and oxygen atoms in total. The number of benzene rings is 2. The van der Waals surface area contributed by atoms with Crippen LogP contribution in [0.4, 0.5) is 0 Å². The molecule has 1 fully saturated rings. The highest BCUT2D eigenvalue weighted by Crippen LogP contribution is 2.46. The van der Waals surface area contributed by atoms with Gasteiger partial charge in [-0.25, -0.2) is 0 Å². The van der Waals surface area contributed by atoms with Gasteiger partial charge in [0, 0.05) is 62.0 Å². The van der Waals surface area contributed by atoms with Crippen molar-refractivity contribution in [2.24, 2.45) is 13.0 Å². The number of ether oxygens (including phenoxy) is 1. The molecule has 1 aromatic heterocycles. The molecule has 3 aromatic rings. The first-order valence-electron chi connectivity index (χ1n) is 12.2. The molecule has 0 saturated carbocycles. The zero-order valence-corrected chi connectivity index (χ0v) is 20.2. The lowest BCUT2D eigenvalue weighted by Crippen LogP contribution is -2.50. The summed E-state index contributed by atoms with van der Waals surface area (Å²) in [5.41, 5.74) is 3.57. The number of piperidine rings is 1. The van der Waals surface area contributed by atoms with Crippen molar-refractivity contribution in [3.63, 3.8) is 0 Å². The maximum absolute atomic E-state index is 14.2. The van der Waals surface area contributed by atoms with Crippen molar-refractivity contribution in [1.29, 1.82) is 0 Å². The predicted octanol–water partition coefficient (Wildman–Crippen LogP) is 4.36. The zero-order valence-electron chi connectivity index (χ0n) is 20.2. The fourth-order valence-corrected chi connectivity index (χ4v) is 5.67. The Morgan fingerprint density at radius 1 is 1.03 bits per heavy atom. The van der Waals surface area contributed by atoms with Crippen molar-refractivity contribution in [2.75, 3.05) is 33.4 Å². The number of carbonyl (C=O) groups is 2. The largest absolute Gasteiger partial charge is 0.383 e. The monoisotopic (exact) mass is 459 g/mol. The number of hydrogen-bond acceptors (Lipinski definition) is 3. The molecule has 0 N–H and O–H groups in total. The third kappa shape index (κ3) is 3.80. The van der Waals surface area contributed by atoms with E-state index in [1.54, 1.807) is 7.11 Å². The summed E-state index contributed by atoms with van der Waals surface area (Å²) in [6.45, 7) is 4.64. The second kappa shape index (κ2) is 9.26. The minimum absolute atomic E-state index is 0.0399. The quantitative estimate of drug-likeness (QED) is 0.570. The van der Waals surface area contributed by atoms with Gasteiger partial charge in [0.15, 0.2) is 0 Å². The average molecular weight is 460 g/mol. The maximum Gasteiger partial charge on any atom is 0.254 e. The molecule has 2 aliphatic heterocycles. The van der Waals surface area contributed by atoms with Crippen LogP contribution < -0.4 is 0 Å². The molecule has 0 aliphatic carbocycles. The van der Waals surface area contributed by atoms with E-state index in [-0.39, 0.29) is 11.8 Å². The Morgan fingerprint density at radius 3 is 2.50 bits per heavy atom. The number of aromatic nitrogens is 1. The minimum atomic E-state index is -0.454. The van der Waals surface area contributed by atoms with Crippen molar-refractivity contribution in [3.8, 4) is 0 Å². The van der Waals surface area contributed by atoms with E-state index in [4.69, 9.17) is 4.74 Å². The molecule has 1 saturated heterocycles. The Balaban J connectivity index is 1.69. The topological polar surface area (TPSA) is 54.8 Å². The van der Waals surface area contributed by atoms with Crippen LogP contribution in [0.1, 0.15) is 53.2 Å². The van der Waals surface area contributed by atoms with Gasteiger partial charge in [-0.2, -0.15) is 0 Å². The molecule has 2 aliphatic rings. The summed E-state index contributed by atoms with van der Waals surface area (Å²) in [5.74, 6) is 0.260. The number of aryl methyl sites for hydroxylation is 1. The average Bonchev–Trinajstić information content (AvgIpc) is 3.19. The number of nitrogens with zero attached hydrogens (tertiary/aromatic N) is 3. The van der Waals surface area contributed by atoms with Crippen molar-refractivity contribution in [3.05, 3.63) is 71.4 Å². The Kier molecular flexibility index (Phi) is 6.17. The van der Waals surface area contributed by atoms with E-state index in [1.807, 2.05) is 53.2 Å². The number of amides is 2. The molecule has 2 amide bonds. The van der Waals surface area contributed by atoms with Crippen molar-refractivity contribution >= 4 is 22.7 Å². The van der Waals surface area contributed by atoms with Crippen LogP contribution in [0.5, 0.6) is 0 Å². The Labute approximate surface area is 201 Å². The first-order chi connectivity index (χ1) is 16.5. The van der Waals surface area contributed by atoms with Crippen LogP contribution in [0.3, 0.4) is 0 Å². The van der Waals surface area contributed by atoms with Crippen LogP contribution in [-0.2, 0) is 16.6 Å². The third-order valence-electron chi connectivity index (χ3n) is 7.58. The third-order valence-corrected chi connectivity index (χ3v) is 7.58. The molecule has 0 unspecified atom stereocenters. The number of hydrogen-bond donors (Lipinski definition) is 0. The lowest BCUT2D eigenvalue weighted by Gasteiger charge is -2.44. The van der Waals surface area contributed by atoms with Crippen LogP contribution in [-0.4, -0.2) is 59.5 Å². The maximum atomic E-state index is 14.2. The molecule has 34 heavy (non-hydrogen) atoms. The molecule has 2 aromatic carbocycles. The molecule has 6 heteroatoms. The smallest absolute Gasteiger partial charge is 0.254 e. The van der Waals surface area contributed by atoms with Gasteiger partial charge in [0.05, 0.1) is 18.6 Å². The van der Waals surface area contributed by atoms with Crippen LogP contribution in [0.15, 0.2) is 54.7 Å². The van der Waals surface area contributed by atoms with E-state index in [1.165, 1.54) is 0 Å². The van der Waals surface area contributed by atoms with Crippen molar-refractivity contribution in [1.82, 2.24) is 14.4 Å². The lowest BCUT2D eigenvalue weighted by atomic mass is 9.78.